The van der Waals surface area contributed by atoms with E-state index in [0.717, 1.165) is 31.2 Å². The Morgan fingerprint density at radius 3 is 2.31 bits per heavy atom. The van der Waals surface area contributed by atoms with Gasteiger partial charge in [-0.3, -0.25) is 14.6 Å². The molecule has 7 nitrogen and oxygen atoms in total. The predicted octanol–water partition coefficient (Wildman–Crippen LogP) is 1.85. The predicted molar refractivity (Wildman–Crippen MR) is 116 cm³/mol. The van der Waals surface area contributed by atoms with Gasteiger partial charge in [0.1, 0.15) is 0 Å². The van der Waals surface area contributed by atoms with Crippen molar-refractivity contribution in [3.05, 3.63) is 35.9 Å². The van der Waals surface area contributed by atoms with Crippen molar-refractivity contribution in [1.82, 2.24) is 20.4 Å². The number of benzene rings is 1. The third-order valence-electron chi connectivity index (χ3n) is 5.56. The number of guanidine groups is 1. The van der Waals surface area contributed by atoms with Crippen LogP contribution in [0.3, 0.4) is 0 Å². The van der Waals surface area contributed by atoms with Gasteiger partial charge in [-0.25, -0.2) is 0 Å². The largest absolute Gasteiger partial charge is 0.356 e. The van der Waals surface area contributed by atoms with Gasteiger partial charge in [-0.2, -0.15) is 0 Å². The van der Waals surface area contributed by atoms with Crippen LogP contribution in [0.15, 0.2) is 35.3 Å². The molecule has 0 bridgehead atoms. The molecule has 1 saturated carbocycles. The lowest BCUT2D eigenvalue weighted by Gasteiger charge is -2.31. The summed E-state index contributed by atoms with van der Waals surface area (Å²) in [5.74, 6) is 0.879. The van der Waals surface area contributed by atoms with E-state index in [9.17, 15) is 9.59 Å². The summed E-state index contributed by atoms with van der Waals surface area (Å²) in [5.41, 5.74) is 0.758. The second-order valence-corrected chi connectivity index (χ2v) is 8.02. The Morgan fingerprint density at radius 1 is 1.07 bits per heavy atom. The van der Waals surface area contributed by atoms with Gasteiger partial charge in [-0.05, 0) is 18.4 Å². The molecule has 0 saturated heterocycles. The van der Waals surface area contributed by atoms with Gasteiger partial charge in [0.2, 0.25) is 11.8 Å². The molecule has 0 unspecified atom stereocenters. The maximum Gasteiger partial charge on any atom is 0.230 e. The highest BCUT2D eigenvalue weighted by atomic mass is 16.2. The van der Waals surface area contributed by atoms with Crippen LogP contribution in [-0.2, 0) is 16.1 Å². The lowest BCUT2D eigenvalue weighted by Crippen LogP contribution is -2.49. The average molecular weight is 402 g/mol. The van der Waals surface area contributed by atoms with Crippen molar-refractivity contribution < 1.29 is 9.59 Å². The summed E-state index contributed by atoms with van der Waals surface area (Å²) in [6.07, 6.45) is 4.34. The molecule has 0 spiro atoms. The summed E-state index contributed by atoms with van der Waals surface area (Å²) in [7, 11) is 7.15. The Balaban J connectivity index is 1.78. The maximum absolute atomic E-state index is 12.7. The van der Waals surface area contributed by atoms with Gasteiger partial charge in [0.25, 0.3) is 0 Å². The zero-order chi connectivity index (χ0) is 21.3. The van der Waals surface area contributed by atoms with Crippen molar-refractivity contribution in [1.29, 1.82) is 0 Å². The molecule has 29 heavy (non-hydrogen) atoms. The van der Waals surface area contributed by atoms with Crippen LogP contribution in [0.4, 0.5) is 0 Å². The fourth-order valence-electron chi connectivity index (χ4n) is 3.89. The standard InChI is InChI=1S/C22H35N5O2/c1-23-21(25-17-22(13-8-9-14-22)20(29)26(2)3)24-15-12-19(28)27(4)16-18-10-6-5-7-11-18/h5-7,10-11H,8-9,12-17H2,1-4H3,(H2,23,24,25). The summed E-state index contributed by atoms with van der Waals surface area (Å²) in [5, 5.41) is 6.49. The molecule has 1 aliphatic rings. The lowest BCUT2D eigenvalue weighted by atomic mass is 9.84. The number of carbonyl (C=O) groups excluding carboxylic acids is 2. The first kappa shape index (κ1) is 22.7. The van der Waals surface area contributed by atoms with Gasteiger partial charge in [0.05, 0.1) is 5.41 Å². The van der Waals surface area contributed by atoms with E-state index in [-0.39, 0.29) is 17.2 Å². The van der Waals surface area contributed by atoms with E-state index >= 15 is 0 Å². The van der Waals surface area contributed by atoms with E-state index in [2.05, 4.69) is 15.6 Å². The van der Waals surface area contributed by atoms with Crippen molar-refractivity contribution in [2.75, 3.05) is 41.3 Å². The molecule has 1 aromatic rings. The highest BCUT2D eigenvalue weighted by Gasteiger charge is 2.42. The van der Waals surface area contributed by atoms with Gasteiger partial charge in [0, 0.05) is 54.2 Å². The number of nitrogens with zero attached hydrogens (tertiary/aromatic N) is 3. The van der Waals surface area contributed by atoms with Crippen LogP contribution in [-0.4, -0.2) is 68.9 Å². The second kappa shape index (κ2) is 10.8. The van der Waals surface area contributed by atoms with Crippen molar-refractivity contribution in [2.45, 2.75) is 38.6 Å². The van der Waals surface area contributed by atoms with Crippen LogP contribution in [0.25, 0.3) is 0 Å². The Bertz CT molecular complexity index is 696. The Morgan fingerprint density at radius 2 is 1.72 bits per heavy atom. The Kier molecular flexibility index (Phi) is 8.49. The van der Waals surface area contributed by atoms with E-state index in [4.69, 9.17) is 0 Å². The molecular weight excluding hydrogens is 366 g/mol. The van der Waals surface area contributed by atoms with Crippen LogP contribution in [0.5, 0.6) is 0 Å². The fourth-order valence-corrected chi connectivity index (χ4v) is 3.89. The van der Waals surface area contributed by atoms with E-state index in [1.54, 1.807) is 16.8 Å². The molecule has 2 rings (SSSR count). The van der Waals surface area contributed by atoms with Gasteiger partial charge in [0.15, 0.2) is 5.96 Å². The topological polar surface area (TPSA) is 77.0 Å². The summed E-state index contributed by atoms with van der Waals surface area (Å²) >= 11 is 0. The SMILES string of the molecule is CN=C(NCCC(=O)N(C)Cc1ccccc1)NCC1(C(=O)N(C)C)CCCC1. The molecule has 1 aromatic carbocycles. The van der Waals surface area contributed by atoms with Crippen LogP contribution < -0.4 is 10.6 Å². The molecule has 0 atom stereocenters. The number of nitrogens with one attached hydrogen (secondary N) is 2. The summed E-state index contributed by atoms with van der Waals surface area (Å²) in [6.45, 7) is 1.65. The lowest BCUT2D eigenvalue weighted by molar-refractivity contribution is -0.138. The van der Waals surface area contributed by atoms with Gasteiger partial charge in [-0.1, -0.05) is 43.2 Å². The van der Waals surface area contributed by atoms with Gasteiger partial charge >= 0.3 is 0 Å². The van der Waals surface area contributed by atoms with Crippen molar-refractivity contribution >= 4 is 17.8 Å². The molecular formula is C22H35N5O2. The molecule has 1 fully saturated rings. The van der Waals surface area contributed by atoms with E-state index in [1.165, 1.54) is 0 Å². The second-order valence-electron chi connectivity index (χ2n) is 8.02. The first-order valence-corrected chi connectivity index (χ1v) is 10.3. The normalized spacial score (nSPS) is 15.7. The number of aliphatic imine (C=N–C) groups is 1. The monoisotopic (exact) mass is 401 g/mol. The Labute approximate surface area is 174 Å². The molecule has 0 heterocycles. The molecule has 2 N–H and O–H groups in total. The molecule has 2 amide bonds. The Hall–Kier alpha value is -2.57. The average Bonchev–Trinajstić information content (AvgIpc) is 3.20. The number of carbonyl (C=O) groups is 2. The summed E-state index contributed by atoms with van der Waals surface area (Å²) in [4.78, 5) is 32.7. The molecule has 160 valence electrons. The quantitative estimate of drug-likeness (QED) is 0.515. The highest BCUT2D eigenvalue weighted by molar-refractivity contribution is 5.85. The summed E-state index contributed by atoms with van der Waals surface area (Å²) in [6, 6.07) is 9.95. The fraction of sp³-hybridized carbons (Fsp3) is 0.591. The zero-order valence-electron chi connectivity index (χ0n) is 18.2. The van der Waals surface area contributed by atoms with E-state index < -0.39 is 0 Å². The first-order chi connectivity index (χ1) is 13.9. The van der Waals surface area contributed by atoms with E-state index in [0.29, 0.717) is 32.0 Å². The zero-order valence-corrected chi connectivity index (χ0v) is 18.2. The first-order valence-electron chi connectivity index (χ1n) is 10.3. The van der Waals surface area contributed by atoms with Gasteiger partial charge in [-0.15, -0.1) is 0 Å². The molecule has 0 radical (unpaired) electrons. The number of rotatable bonds is 8. The minimum Gasteiger partial charge on any atom is -0.356 e. The number of amides is 2. The van der Waals surface area contributed by atoms with Gasteiger partial charge < -0.3 is 20.4 Å². The van der Waals surface area contributed by atoms with Crippen molar-refractivity contribution in [3.63, 3.8) is 0 Å². The van der Waals surface area contributed by atoms with Crippen molar-refractivity contribution in [2.24, 2.45) is 10.4 Å². The van der Waals surface area contributed by atoms with Crippen molar-refractivity contribution in [3.8, 4) is 0 Å². The molecule has 7 heteroatoms. The minimum absolute atomic E-state index is 0.0758. The third-order valence-corrected chi connectivity index (χ3v) is 5.56. The minimum atomic E-state index is -0.354. The van der Waals surface area contributed by atoms with Crippen LogP contribution in [0, 0.1) is 5.41 Å². The highest BCUT2D eigenvalue weighted by Crippen LogP contribution is 2.38. The smallest absolute Gasteiger partial charge is 0.230 e. The molecule has 0 aliphatic heterocycles. The van der Waals surface area contributed by atoms with E-state index in [1.807, 2.05) is 51.5 Å². The van der Waals surface area contributed by atoms with Crippen LogP contribution in [0.1, 0.15) is 37.7 Å². The third kappa shape index (κ3) is 6.48. The molecule has 0 aromatic heterocycles. The van der Waals surface area contributed by atoms with Crippen LogP contribution in [0.2, 0.25) is 0 Å². The summed E-state index contributed by atoms with van der Waals surface area (Å²) < 4.78 is 0. The number of hydrogen-bond acceptors (Lipinski definition) is 3. The maximum atomic E-state index is 12.7. The number of hydrogen-bond donors (Lipinski definition) is 2. The van der Waals surface area contributed by atoms with Crippen LogP contribution >= 0.6 is 0 Å². The molecule has 1 aliphatic carbocycles.